The number of carbonyl (C=O) groups is 1. The Morgan fingerprint density at radius 3 is 2.56 bits per heavy atom. The van der Waals surface area contributed by atoms with Crippen molar-refractivity contribution in [3.05, 3.63) is 35.9 Å². The maximum Gasteiger partial charge on any atom is 0.251 e. The van der Waals surface area contributed by atoms with Crippen molar-refractivity contribution in [3.63, 3.8) is 0 Å². The summed E-state index contributed by atoms with van der Waals surface area (Å²) >= 11 is 0. The maximum absolute atomic E-state index is 11.7. The number of unbranched alkanes of at least 4 members (excludes halogenated alkanes) is 1. The highest BCUT2D eigenvalue weighted by atomic mass is 16.5. The van der Waals surface area contributed by atoms with Crippen LogP contribution in [0.3, 0.4) is 0 Å². The Balaban J connectivity index is 2.20. The van der Waals surface area contributed by atoms with Crippen LogP contribution in [0.25, 0.3) is 0 Å². The molecule has 0 radical (unpaired) electrons. The number of benzene rings is 1. The van der Waals surface area contributed by atoms with Gasteiger partial charge in [-0.1, -0.05) is 30.3 Å². The SMILES string of the molecule is COC(C)C(=O)N(C)CCCCc1ccccc1. The monoisotopic (exact) mass is 249 g/mol. The van der Waals surface area contributed by atoms with Gasteiger partial charge < -0.3 is 9.64 Å². The zero-order chi connectivity index (χ0) is 13.4. The van der Waals surface area contributed by atoms with Crippen molar-refractivity contribution >= 4 is 5.91 Å². The van der Waals surface area contributed by atoms with E-state index in [0.29, 0.717) is 0 Å². The third kappa shape index (κ3) is 4.88. The molecule has 0 saturated carbocycles. The molecule has 0 aliphatic rings. The van der Waals surface area contributed by atoms with Gasteiger partial charge in [0.15, 0.2) is 0 Å². The molecule has 1 rings (SSSR count). The molecule has 3 nitrogen and oxygen atoms in total. The summed E-state index contributed by atoms with van der Waals surface area (Å²) in [5.41, 5.74) is 1.36. The van der Waals surface area contributed by atoms with E-state index in [4.69, 9.17) is 4.74 Å². The number of hydrogen-bond acceptors (Lipinski definition) is 2. The summed E-state index contributed by atoms with van der Waals surface area (Å²) in [7, 11) is 3.40. The molecule has 0 heterocycles. The molecule has 100 valence electrons. The lowest BCUT2D eigenvalue weighted by atomic mass is 10.1. The first-order valence-electron chi connectivity index (χ1n) is 6.47. The molecular weight excluding hydrogens is 226 g/mol. The fourth-order valence-corrected chi connectivity index (χ4v) is 1.84. The molecule has 18 heavy (non-hydrogen) atoms. The van der Waals surface area contributed by atoms with Crippen LogP contribution in [0.2, 0.25) is 0 Å². The molecule has 3 heteroatoms. The minimum absolute atomic E-state index is 0.0530. The van der Waals surface area contributed by atoms with Crippen molar-refractivity contribution < 1.29 is 9.53 Å². The van der Waals surface area contributed by atoms with E-state index in [1.54, 1.807) is 18.9 Å². The van der Waals surface area contributed by atoms with E-state index < -0.39 is 0 Å². The molecule has 1 unspecified atom stereocenters. The van der Waals surface area contributed by atoms with Gasteiger partial charge in [-0.25, -0.2) is 0 Å². The van der Waals surface area contributed by atoms with Gasteiger partial charge in [0.2, 0.25) is 0 Å². The van der Waals surface area contributed by atoms with Crippen LogP contribution in [-0.4, -0.2) is 37.6 Å². The molecule has 0 bridgehead atoms. The third-order valence-electron chi connectivity index (χ3n) is 3.13. The van der Waals surface area contributed by atoms with Crippen LogP contribution >= 0.6 is 0 Å². The van der Waals surface area contributed by atoms with Crippen LogP contribution in [0.1, 0.15) is 25.3 Å². The first kappa shape index (κ1) is 14.7. The van der Waals surface area contributed by atoms with Crippen LogP contribution in [-0.2, 0) is 16.0 Å². The number of methoxy groups -OCH3 is 1. The van der Waals surface area contributed by atoms with E-state index in [1.807, 2.05) is 13.1 Å². The number of hydrogen-bond donors (Lipinski definition) is 0. The molecule has 0 fully saturated rings. The Bertz CT molecular complexity index is 351. The normalized spacial score (nSPS) is 12.2. The molecule has 1 aromatic rings. The Morgan fingerprint density at radius 2 is 1.94 bits per heavy atom. The van der Waals surface area contributed by atoms with Gasteiger partial charge in [-0.05, 0) is 31.7 Å². The summed E-state index contributed by atoms with van der Waals surface area (Å²) in [6.07, 6.45) is 2.85. The topological polar surface area (TPSA) is 29.5 Å². The first-order chi connectivity index (χ1) is 8.65. The van der Waals surface area contributed by atoms with Crippen molar-refractivity contribution in [3.8, 4) is 0 Å². The van der Waals surface area contributed by atoms with E-state index in [2.05, 4.69) is 24.3 Å². The Kier molecular flexibility index (Phi) is 6.44. The van der Waals surface area contributed by atoms with E-state index in [9.17, 15) is 4.79 Å². The molecule has 0 aliphatic carbocycles. The van der Waals surface area contributed by atoms with Crippen molar-refractivity contribution in [2.75, 3.05) is 20.7 Å². The maximum atomic E-state index is 11.7. The lowest BCUT2D eigenvalue weighted by molar-refractivity contribution is -0.139. The summed E-state index contributed by atoms with van der Waals surface area (Å²) in [4.78, 5) is 13.5. The molecule has 1 atom stereocenters. The smallest absolute Gasteiger partial charge is 0.251 e. The Hall–Kier alpha value is -1.35. The predicted molar refractivity (Wildman–Crippen MR) is 73.5 cm³/mol. The number of ether oxygens (including phenoxy) is 1. The summed E-state index contributed by atoms with van der Waals surface area (Å²) in [6, 6.07) is 10.4. The second kappa shape index (κ2) is 7.88. The summed E-state index contributed by atoms with van der Waals surface area (Å²) in [5, 5.41) is 0. The van der Waals surface area contributed by atoms with Crippen molar-refractivity contribution in [1.82, 2.24) is 4.90 Å². The first-order valence-corrected chi connectivity index (χ1v) is 6.47. The van der Waals surface area contributed by atoms with E-state index in [0.717, 1.165) is 25.8 Å². The van der Waals surface area contributed by atoms with Crippen LogP contribution in [0.15, 0.2) is 30.3 Å². The largest absolute Gasteiger partial charge is 0.372 e. The molecule has 0 saturated heterocycles. The van der Waals surface area contributed by atoms with E-state index in [1.165, 1.54) is 5.56 Å². The minimum atomic E-state index is -0.343. The quantitative estimate of drug-likeness (QED) is 0.695. The number of carbonyl (C=O) groups excluding carboxylic acids is 1. The average Bonchev–Trinajstić information content (AvgIpc) is 2.42. The standard InChI is InChI=1S/C15H23NO2/c1-13(18-3)15(17)16(2)12-8-7-11-14-9-5-4-6-10-14/h4-6,9-10,13H,7-8,11-12H2,1-3H3. The van der Waals surface area contributed by atoms with Gasteiger partial charge in [0.05, 0.1) is 0 Å². The zero-order valence-electron chi connectivity index (χ0n) is 11.6. The lowest BCUT2D eigenvalue weighted by Crippen LogP contribution is -2.36. The number of rotatable bonds is 7. The summed E-state index contributed by atoms with van der Waals surface area (Å²) in [6.45, 7) is 2.57. The van der Waals surface area contributed by atoms with Crippen LogP contribution < -0.4 is 0 Å². The molecule has 0 aliphatic heterocycles. The van der Waals surface area contributed by atoms with Gasteiger partial charge in [0, 0.05) is 20.7 Å². The number of amides is 1. The molecule has 0 aromatic heterocycles. The predicted octanol–water partition coefficient (Wildman–Crippen LogP) is 2.50. The fourth-order valence-electron chi connectivity index (χ4n) is 1.84. The van der Waals surface area contributed by atoms with Crippen LogP contribution in [0.5, 0.6) is 0 Å². The number of nitrogens with zero attached hydrogens (tertiary/aromatic N) is 1. The second-order valence-corrected chi connectivity index (χ2v) is 4.58. The van der Waals surface area contributed by atoms with Gasteiger partial charge in [0.1, 0.15) is 6.10 Å². The minimum Gasteiger partial charge on any atom is -0.372 e. The average molecular weight is 249 g/mol. The van der Waals surface area contributed by atoms with Crippen LogP contribution in [0, 0.1) is 0 Å². The van der Waals surface area contributed by atoms with Gasteiger partial charge in [-0.2, -0.15) is 0 Å². The number of aryl methyl sites for hydroxylation is 1. The highest BCUT2D eigenvalue weighted by Gasteiger charge is 2.15. The number of likely N-dealkylation sites (N-methyl/N-ethyl adjacent to an activating group) is 1. The molecule has 0 spiro atoms. The third-order valence-corrected chi connectivity index (χ3v) is 3.13. The zero-order valence-corrected chi connectivity index (χ0v) is 11.6. The molecule has 1 amide bonds. The van der Waals surface area contributed by atoms with Gasteiger partial charge in [0.25, 0.3) is 5.91 Å². The van der Waals surface area contributed by atoms with Gasteiger partial charge in [-0.3, -0.25) is 4.79 Å². The highest BCUT2D eigenvalue weighted by molar-refractivity contribution is 5.80. The lowest BCUT2D eigenvalue weighted by Gasteiger charge is -2.20. The summed E-state index contributed by atoms with van der Waals surface area (Å²) in [5.74, 6) is 0.0530. The van der Waals surface area contributed by atoms with E-state index in [-0.39, 0.29) is 12.0 Å². The van der Waals surface area contributed by atoms with Crippen molar-refractivity contribution in [1.29, 1.82) is 0 Å². The van der Waals surface area contributed by atoms with Gasteiger partial charge >= 0.3 is 0 Å². The van der Waals surface area contributed by atoms with Crippen LogP contribution in [0.4, 0.5) is 0 Å². The Morgan fingerprint density at radius 1 is 1.28 bits per heavy atom. The molecular formula is C15H23NO2. The van der Waals surface area contributed by atoms with Crippen molar-refractivity contribution in [2.45, 2.75) is 32.3 Å². The van der Waals surface area contributed by atoms with Gasteiger partial charge in [-0.15, -0.1) is 0 Å². The summed E-state index contributed by atoms with van der Waals surface area (Å²) < 4.78 is 5.02. The Labute approximate surface area is 110 Å². The highest BCUT2D eigenvalue weighted by Crippen LogP contribution is 2.05. The van der Waals surface area contributed by atoms with Crippen molar-refractivity contribution in [2.24, 2.45) is 0 Å². The molecule has 1 aromatic carbocycles. The second-order valence-electron chi connectivity index (χ2n) is 4.58. The van der Waals surface area contributed by atoms with E-state index >= 15 is 0 Å². The molecule has 0 N–H and O–H groups in total. The fraction of sp³-hybridized carbons (Fsp3) is 0.533.